The standard InChI is InChI=1S/C17H18BrNO/c1-2-3-5-10-15-11-12-16(18)17(20)19(15)13-14-8-6-4-7-9-14/h2,4,6-9,11-12H,1,3,5,10,13H2. The molecule has 0 fully saturated rings. The normalized spacial score (nSPS) is 10.4. The highest BCUT2D eigenvalue weighted by atomic mass is 79.9. The number of rotatable bonds is 6. The number of pyridine rings is 1. The van der Waals surface area contributed by atoms with Crippen molar-refractivity contribution in [1.82, 2.24) is 4.57 Å². The zero-order valence-corrected chi connectivity index (χ0v) is 13.0. The molecule has 3 heteroatoms. The molecule has 0 radical (unpaired) electrons. The molecular weight excluding hydrogens is 314 g/mol. The van der Waals surface area contributed by atoms with Gasteiger partial charge in [0, 0.05) is 5.69 Å². The molecule has 1 aromatic heterocycles. The Morgan fingerprint density at radius 3 is 2.60 bits per heavy atom. The third kappa shape index (κ3) is 3.70. The third-order valence-electron chi connectivity index (χ3n) is 3.24. The third-order valence-corrected chi connectivity index (χ3v) is 3.85. The summed E-state index contributed by atoms with van der Waals surface area (Å²) >= 11 is 3.33. The number of aromatic nitrogens is 1. The molecule has 0 aliphatic carbocycles. The van der Waals surface area contributed by atoms with Gasteiger partial charge in [0.05, 0.1) is 11.0 Å². The molecule has 1 heterocycles. The lowest BCUT2D eigenvalue weighted by atomic mass is 10.1. The number of halogens is 1. The smallest absolute Gasteiger partial charge is 0.265 e. The van der Waals surface area contributed by atoms with Crippen molar-refractivity contribution in [3.8, 4) is 0 Å². The second-order valence-electron chi connectivity index (χ2n) is 4.73. The maximum Gasteiger partial charge on any atom is 0.265 e. The number of allylic oxidation sites excluding steroid dienone is 1. The highest BCUT2D eigenvalue weighted by Gasteiger charge is 2.07. The lowest BCUT2D eigenvalue weighted by molar-refractivity contribution is 0.673. The summed E-state index contributed by atoms with van der Waals surface area (Å²) in [6.07, 6.45) is 4.79. The van der Waals surface area contributed by atoms with Gasteiger partial charge < -0.3 is 4.57 Å². The van der Waals surface area contributed by atoms with Crippen molar-refractivity contribution in [2.45, 2.75) is 25.8 Å². The second kappa shape index (κ2) is 7.25. The van der Waals surface area contributed by atoms with Crippen LogP contribution in [0.5, 0.6) is 0 Å². The van der Waals surface area contributed by atoms with Crippen molar-refractivity contribution in [1.29, 1.82) is 0 Å². The minimum absolute atomic E-state index is 0.0324. The number of benzene rings is 1. The summed E-state index contributed by atoms with van der Waals surface area (Å²) in [6.45, 7) is 4.35. The Kier molecular flexibility index (Phi) is 5.36. The van der Waals surface area contributed by atoms with E-state index in [9.17, 15) is 4.79 Å². The van der Waals surface area contributed by atoms with Crippen LogP contribution in [0, 0.1) is 0 Å². The average molecular weight is 332 g/mol. The van der Waals surface area contributed by atoms with Gasteiger partial charge in [0.25, 0.3) is 5.56 Å². The summed E-state index contributed by atoms with van der Waals surface area (Å²) in [7, 11) is 0. The van der Waals surface area contributed by atoms with Gasteiger partial charge in [-0.3, -0.25) is 4.79 Å². The molecule has 0 bridgehead atoms. The maximum atomic E-state index is 12.3. The number of hydrogen-bond donors (Lipinski definition) is 0. The minimum Gasteiger partial charge on any atom is -0.307 e. The van der Waals surface area contributed by atoms with E-state index in [1.54, 1.807) is 0 Å². The topological polar surface area (TPSA) is 22.0 Å². The van der Waals surface area contributed by atoms with Gasteiger partial charge in [0.15, 0.2) is 0 Å². The minimum atomic E-state index is 0.0324. The summed E-state index contributed by atoms with van der Waals surface area (Å²) in [5.74, 6) is 0. The first kappa shape index (κ1) is 14.8. The van der Waals surface area contributed by atoms with Crippen LogP contribution in [0.15, 0.2) is 64.4 Å². The first-order valence-electron chi connectivity index (χ1n) is 6.75. The summed E-state index contributed by atoms with van der Waals surface area (Å²) in [4.78, 5) is 12.3. The van der Waals surface area contributed by atoms with E-state index < -0.39 is 0 Å². The van der Waals surface area contributed by atoms with E-state index >= 15 is 0 Å². The molecule has 0 saturated carbocycles. The van der Waals surface area contributed by atoms with Crippen LogP contribution in [0.4, 0.5) is 0 Å². The molecular formula is C17H18BrNO. The maximum absolute atomic E-state index is 12.3. The molecule has 0 spiro atoms. The largest absolute Gasteiger partial charge is 0.307 e. The Bertz CT molecular complexity index is 631. The number of aryl methyl sites for hydroxylation is 1. The molecule has 2 nitrogen and oxygen atoms in total. The van der Waals surface area contributed by atoms with Crippen LogP contribution >= 0.6 is 15.9 Å². The molecule has 0 amide bonds. The fourth-order valence-corrected chi connectivity index (χ4v) is 2.52. The van der Waals surface area contributed by atoms with Crippen LogP contribution in [0.2, 0.25) is 0 Å². The van der Waals surface area contributed by atoms with Gasteiger partial charge in [-0.25, -0.2) is 0 Å². The van der Waals surface area contributed by atoms with Crippen molar-refractivity contribution in [3.05, 3.63) is 81.2 Å². The second-order valence-corrected chi connectivity index (χ2v) is 5.58. The van der Waals surface area contributed by atoms with Crippen molar-refractivity contribution in [2.24, 2.45) is 0 Å². The van der Waals surface area contributed by atoms with Gasteiger partial charge in [-0.15, -0.1) is 6.58 Å². The van der Waals surface area contributed by atoms with E-state index in [0.717, 1.165) is 30.5 Å². The van der Waals surface area contributed by atoms with Gasteiger partial charge in [-0.2, -0.15) is 0 Å². The molecule has 20 heavy (non-hydrogen) atoms. The molecule has 0 aliphatic heterocycles. The van der Waals surface area contributed by atoms with Gasteiger partial charge in [-0.1, -0.05) is 36.4 Å². The summed E-state index contributed by atoms with van der Waals surface area (Å²) in [6, 6.07) is 13.9. The average Bonchev–Trinajstić information content (AvgIpc) is 2.47. The summed E-state index contributed by atoms with van der Waals surface area (Å²) in [5.41, 5.74) is 2.24. The van der Waals surface area contributed by atoms with E-state index in [1.165, 1.54) is 0 Å². The van der Waals surface area contributed by atoms with E-state index in [2.05, 4.69) is 22.5 Å². The Morgan fingerprint density at radius 2 is 1.90 bits per heavy atom. The van der Waals surface area contributed by atoms with Crippen LogP contribution in [-0.4, -0.2) is 4.57 Å². The fourth-order valence-electron chi connectivity index (χ4n) is 2.18. The van der Waals surface area contributed by atoms with Crippen LogP contribution in [0.1, 0.15) is 24.1 Å². The molecule has 0 atom stereocenters. The molecule has 2 aromatic rings. The van der Waals surface area contributed by atoms with Gasteiger partial charge >= 0.3 is 0 Å². The molecule has 1 aromatic carbocycles. The summed E-state index contributed by atoms with van der Waals surface area (Å²) < 4.78 is 2.46. The number of hydrogen-bond acceptors (Lipinski definition) is 1. The van der Waals surface area contributed by atoms with Crippen molar-refractivity contribution < 1.29 is 0 Å². The van der Waals surface area contributed by atoms with Crippen LogP contribution in [-0.2, 0) is 13.0 Å². The SMILES string of the molecule is C=CCCCc1ccc(Br)c(=O)n1Cc1ccccc1. The highest BCUT2D eigenvalue weighted by Crippen LogP contribution is 2.11. The van der Waals surface area contributed by atoms with Crippen LogP contribution < -0.4 is 5.56 Å². The molecule has 0 saturated heterocycles. The van der Waals surface area contributed by atoms with E-state index in [-0.39, 0.29) is 5.56 Å². The fraction of sp³-hybridized carbons (Fsp3) is 0.235. The molecule has 2 rings (SSSR count). The zero-order valence-electron chi connectivity index (χ0n) is 11.4. The predicted molar refractivity (Wildman–Crippen MR) is 87.1 cm³/mol. The van der Waals surface area contributed by atoms with Crippen LogP contribution in [0.25, 0.3) is 0 Å². The first-order valence-corrected chi connectivity index (χ1v) is 7.54. The number of nitrogens with zero attached hydrogens (tertiary/aromatic N) is 1. The van der Waals surface area contributed by atoms with Gasteiger partial charge in [-0.05, 0) is 52.9 Å². The number of unbranched alkanes of at least 4 members (excludes halogenated alkanes) is 1. The van der Waals surface area contributed by atoms with E-state index in [4.69, 9.17) is 0 Å². The lowest BCUT2D eigenvalue weighted by Crippen LogP contribution is -2.24. The first-order chi connectivity index (χ1) is 9.72. The van der Waals surface area contributed by atoms with E-state index in [0.29, 0.717) is 11.0 Å². The molecule has 0 aliphatic rings. The van der Waals surface area contributed by atoms with Crippen molar-refractivity contribution in [3.63, 3.8) is 0 Å². The van der Waals surface area contributed by atoms with Crippen molar-refractivity contribution >= 4 is 15.9 Å². The molecule has 0 N–H and O–H groups in total. The van der Waals surface area contributed by atoms with E-state index in [1.807, 2.05) is 53.1 Å². The Hall–Kier alpha value is -1.61. The molecule has 104 valence electrons. The predicted octanol–water partition coefficient (Wildman–Crippen LogP) is 4.17. The quantitative estimate of drug-likeness (QED) is 0.575. The van der Waals surface area contributed by atoms with Crippen molar-refractivity contribution in [2.75, 3.05) is 0 Å². The van der Waals surface area contributed by atoms with Gasteiger partial charge in [0.2, 0.25) is 0 Å². The van der Waals surface area contributed by atoms with Gasteiger partial charge in [0.1, 0.15) is 0 Å². The van der Waals surface area contributed by atoms with Crippen LogP contribution in [0.3, 0.4) is 0 Å². The lowest BCUT2D eigenvalue weighted by Gasteiger charge is -2.13. The monoisotopic (exact) mass is 331 g/mol. The Labute approximate surface area is 127 Å². The Balaban J connectivity index is 2.30. The zero-order chi connectivity index (χ0) is 14.4. The highest BCUT2D eigenvalue weighted by molar-refractivity contribution is 9.10. The summed E-state index contributed by atoms with van der Waals surface area (Å²) in [5, 5.41) is 0. The molecule has 0 unspecified atom stereocenters. The Morgan fingerprint density at radius 1 is 1.15 bits per heavy atom.